The lowest BCUT2D eigenvalue weighted by Crippen LogP contribution is -2.27. The monoisotopic (exact) mass is 415 g/mol. The number of halogens is 4. The molecule has 150 valence electrons. The number of hydrogen-bond acceptors (Lipinski definition) is 2. The second-order valence-electron chi connectivity index (χ2n) is 6.35. The second kappa shape index (κ2) is 7.51. The molecule has 3 rings (SSSR count). The number of hydrogen-bond donors (Lipinski definition) is 2. The lowest BCUT2D eigenvalue weighted by atomic mass is 10.1. The molecule has 10 heteroatoms. The normalized spacial score (nSPS) is 19.6. The smallest absolute Gasteiger partial charge is 0.345 e. The number of alkyl halides is 3. The molecule has 1 aliphatic rings. The van der Waals surface area contributed by atoms with Gasteiger partial charge in [-0.15, -0.1) is 6.58 Å². The van der Waals surface area contributed by atoms with Gasteiger partial charge in [0, 0.05) is 30.5 Å². The molecule has 1 aliphatic heterocycles. The number of aryl methyl sites for hydroxylation is 1. The lowest BCUT2D eigenvalue weighted by Gasteiger charge is -2.12. The summed E-state index contributed by atoms with van der Waals surface area (Å²) >= 11 is 0. The van der Waals surface area contributed by atoms with Gasteiger partial charge in [-0.1, -0.05) is 6.08 Å². The van der Waals surface area contributed by atoms with Crippen molar-refractivity contribution in [1.82, 2.24) is 9.29 Å². The summed E-state index contributed by atoms with van der Waals surface area (Å²) in [4.78, 5) is 13.2. The van der Waals surface area contributed by atoms with Crippen molar-refractivity contribution in [3.8, 4) is 0 Å². The fourth-order valence-corrected chi connectivity index (χ4v) is 4.38. The van der Waals surface area contributed by atoms with Crippen molar-refractivity contribution in [2.75, 3.05) is 5.32 Å². The summed E-state index contributed by atoms with van der Waals surface area (Å²) in [6.07, 6.45) is -0.715. The molecule has 2 atom stereocenters. The number of fused-ring (bicyclic) bond motifs is 1. The van der Waals surface area contributed by atoms with Crippen LogP contribution in [-0.4, -0.2) is 20.7 Å². The molecule has 1 aromatic heterocycles. The van der Waals surface area contributed by atoms with Crippen molar-refractivity contribution >= 4 is 22.6 Å². The minimum Gasteiger partial charge on any atom is -0.345 e. The van der Waals surface area contributed by atoms with Crippen LogP contribution in [0.3, 0.4) is 0 Å². The van der Waals surface area contributed by atoms with Crippen LogP contribution in [0.5, 0.6) is 0 Å². The number of amides is 1. The van der Waals surface area contributed by atoms with Crippen molar-refractivity contribution in [3.05, 3.63) is 59.7 Å². The topological polar surface area (TPSA) is 63.1 Å². The standard InChI is InChI=1S/C18H17F4N3O2S/c1-3-10-4-6-12-15(28(27)24-10)9-25(2)16(12)17(26)23-11-5-7-14(19)13(8-11)18(20,21)22/h3,5,7-10,24H,1,4,6H2,2H3,(H,23,26). The van der Waals surface area contributed by atoms with E-state index in [2.05, 4.69) is 16.6 Å². The highest BCUT2D eigenvalue weighted by atomic mass is 32.2. The zero-order valence-corrected chi connectivity index (χ0v) is 15.6. The number of aromatic nitrogens is 1. The van der Waals surface area contributed by atoms with Gasteiger partial charge >= 0.3 is 6.18 Å². The molecule has 0 radical (unpaired) electrons. The number of rotatable bonds is 3. The summed E-state index contributed by atoms with van der Waals surface area (Å²) in [5.74, 6) is -2.09. The molecule has 1 aromatic carbocycles. The third-order valence-electron chi connectivity index (χ3n) is 4.44. The van der Waals surface area contributed by atoms with E-state index in [1.807, 2.05) is 0 Å². The first-order valence-electron chi connectivity index (χ1n) is 8.28. The van der Waals surface area contributed by atoms with E-state index in [9.17, 15) is 26.6 Å². The SMILES string of the molecule is C=CC1CCc2c(cn(C)c2C(=O)Nc2ccc(F)c(C(F)(F)F)c2)S(=O)N1. The van der Waals surface area contributed by atoms with Crippen LogP contribution in [0.2, 0.25) is 0 Å². The van der Waals surface area contributed by atoms with Gasteiger partial charge in [0.25, 0.3) is 5.91 Å². The fourth-order valence-electron chi connectivity index (χ4n) is 3.08. The van der Waals surface area contributed by atoms with Crippen LogP contribution in [0.25, 0.3) is 0 Å². The minimum atomic E-state index is -4.88. The van der Waals surface area contributed by atoms with Gasteiger partial charge < -0.3 is 9.88 Å². The van der Waals surface area contributed by atoms with Crippen LogP contribution < -0.4 is 10.0 Å². The maximum Gasteiger partial charge on any atom is 0.419 e. The summed E-state index contributed by atoms with van der Waals surface area (Å²) in [7, 11) is 0.0270. The number of nitrogens with zero attached hydrogens (tertiary/aromatic N) is 1. The first-order chi connectivity index (χ1) is 13.1. The number of carbonyl (C=O) groups is 1. The van der Waals surface area contributed by atoms with Crippen LogP contribution in [0, 0.1) is 5.82 Å². The molecule has 0 aliphatic carbocycles. The quantitative estimate of drug-likeness (QED) is 0.595. The Bertz CT molecular complexity index is 968. The molecule has 0 saturated heterocycles. The molecule has 1 amide bonds. The molecule has 0 saturated carbocycles. The zero-order valence-electron chi connectivity index (χ0n) is 14.8. The first kappa shape index (κ1) is 20.3. The molecular weight excluding hydrogens is 398 g/mol. The van der Waals surface area contributed by atoms with Crippen LogP contribution in [0.4, 0.5) is 23.2 Å². The summed E-state index contributed by atoms with van der Waals surface area (Å²) < 4.78 is 68.9. The Hall–Kier alpha value is -2.46. The Morgan fingerprint density at radius 1 is 1.43 bits per heavy atom. The van der Waals surface area contributed by atoms with Crippen molar-refractivity contribution in [1.29, 1.82) is 0 Å². The van der Waals surface area contributed by atoms with Gasteiger partial charge in [-0.25, -0.2) is 13.3 Å². The van der Waals surface area contributed by atoms with Crippen molar-refractivity contribution in [3.63, 3.8) is 0 Å². The van der Waals surface area contributed by atoms with Gasteiger partial charge in [0.15, 0.2) is 0 Å². The van der Waals surface area contributed by atoms with Crippen LogP contribution in [-0.2, 0) is 30.6 Å². The maximum atomic E-state index is 13.4. The Morgan fingerprint density at radius 3 is 2.79 bits per heavy atom. The molecule has 2 unspecified atom stereocenters. The van der Waals surface area contributed by atoms with Gasteiger partial charge in [-0.2, -0.15) is 13.2 Å². The van der Waals surface area contributed by atoms with E-state index in [-0.39, 0.29) is 17.4 Å². The Labute approximate surface area is 161 Å². The Balaban J connectivity index is 1.93. The number of carbonyl (C=O) groups excluding carboxylic acids is 1. The number of anilines is 1. The van der Waals surface area contributed by atoms with E-state index in [1.165, 1.54) is 4.57 Å². The van der Waals surface area contributed by atoms with Crippen molar-refractivity contribution in [2.45, 2.75) is 30.0 Å². The van der Waals surface area contributed by atoms with Crippen molar-refractivity contribution in [2.24, 2.45) is 7.05 Å². The predicted octanol–water partition coefficient (Wildman–Crippen LogP) is 3.55. The van der Waals surface area contributed by atoms with Gasteiger partial charge in [-0.05, 0) is 31.0 Å². The molecule has 0 fully saturated rings. The Kier molecular flexibility index (Phi) is 5.44. The van der Waals surface area contributed by atoms with Gasteiger partial charge in [0.2, 0.25) is 0 Å². The van der Waals surface area contributed by atoms with E-state index in [4.69, 9.17) is 0 Å². The highest BCUT2D eigenvalue weighted by Gasteiger charge is 2.34. The minimum absolute atomic E-state index is 0.188. The third kappa shape index (κ3) is 3.88. The largest absolute Gasteiger partial charge is 0.419 e. The lowest BCUT2D eigenvalue weighted by molar-refractivity contribution is -0.139. The summed E-state index contributed by atoms with van der Waals surface area (Å²) in [6.45, 7) is 3.67. The van der Waals surface area contributed by atoms with Gasteiger partial charge in [0.05, 0.1) is 10.5 Å². The molecule has 2 N–H and O–H groups in total. The van der Waals surface area contributed by atoms with Gasteiger partial charge in [0.1, 0.15) is 22.5 Å². The van der Waals surface area contributed by atoms with E-state index >= 15 is 0 Å². The molecule has 2 aromatic rings. The van der Waals surface area contributed by atoms with Gasteiger partial charge in [-0.3, -0.25) is 4.79 Å². The Morgan fingerprint density at radius 2 is 2.14 bits per heavy atom. The first-order valence-corrected chi connectivity index (χ1v) is 9.43. The van der Waals surface area contributed by atoms with E-state index in [0.717, 1.165) is 6.07 Å². The summed E-state index contributed by atoms with van der Waals surface area (Å²) in [5, 5.41) is 2.37. The van der Waals surface area contributed by atoms with Crippen LogP contribution >= 0.6 is 0 Å². The van der Waals surface area contributed by atoms with E-state index in [0.29, 0.717) is 35.4 Å². The van der Waals surface area contributed by atoms with E-state index in [1.54, 1.807) is 19.3 Å². The molecule has 0 spiro atoms. The predicted molar refractivity (Wildman–Crippen MR) is 96.6 cm³/mol. The highest BCUT2D eigenvalue weighted by Crippen LogP contribution is 2.33. The maximum absolute atomic E-state index is 13.4. The second-order valence-corrected chi connectivity index (χ2v) is 7.56. The van der Waals surface area contributed by atoms with Crippen LogP contribution in [0.15, 0.2) is 41.9 Å². The molecule has 28 heavy (non-hydrogen) atoms. The van der Waals surface area contributed by atoms with Crippen molar-refractivity contribution < 1.29 is 26.6 Å². The fraction of sp³-hybridized carbons (Fsp3) is 0.278. The van der Waals surface area contributed by atoms with E-state index < -0.39 is 34.4 Å². The number of nitrogens with one attached hydrogen (secondary N) is 2. The highest BCUT2D eigenvalue weighted by molar-refractivity contribution is 7.83. The zero-order chi connectivity index (χ0) is 20.6. The molecular formula is C18H17F4N3O2S. The third-order valence-corrected chi connectivity index (χ3v) is 5.71. The summed E-state index contributed by atoms with van der Waals surface area (Å²) in [6, 6.07) is 2.05. The molecule has 0 bridgehead atoms. The summed E-state index contributed by atoms with van der Waals surface area (Å²) in [5.41, 5.74) is -0.915. The number of benzene rings is 1. The average Bonchev–Trinajstić information content (AvgIpc) is 2.87. The molecule has 5 nitrogen and oxygen atoms in total. The van der Waals surface area contributed by atoms with Crippen LogP contribution in [0.1, 0.15) is 28.0 Å². The molecule has 2 heterocycles. The average molecular weight is 415 g/mol.